The Morgan fingerprint density at radius 3 is 2.45 bits per heavy atom. The lowest BCUT2D eigenvalue weighted by Gasteiger charge is -2.47. The van der Waals surface area contributed by atoms with E-state index in [-0.39, 0.29) is 5.92 Å². The summed E-state index contributed by atoms with van der Waals surface area (Å²) in [6.07, 6.45) is 3.47. The zero-order valence-electron chi connectivity index (χ0n) is 16.4. The zero-order valence-corrected chi connectivity index (χ0v) is 17.2. The number of nitrogens with zero attached hydrogens (tertiary/aromatic N) is 4. The number of aliphatic hydroxyl groups is 2. The number of piperidine rings is 2. The standard InChI is InChI=1S/C20H29ClN6O2/c21-15-4-1-13(2-5-15)11-17-6-3-14(18(28)29)12-27(17)16-7-9-26(10-8-16)20-23-19(22)24-25-20/h1-2,4-5,14,16-18,28-29H,3,6-12H2,(H3,22,23,24,25)/t14?,17-/m1/s1. The molecular weight excluding hydrogens is 392 g/mol. The van der Waals surface area contributed by atoms with Gasteiger partial charge in [-0.25, -0.2) is 0 Å². The van der Waals surface area contributed by atoms with Gasteiger partial charge < -0.3 is 20.8 Å². The normalized spacial score (nSPS) is 24.3. The molecule has 2 aliphatic heterocycles. The molecular formula is C20H29ClN6O2. The lowest BCUT2D eigenvalue weighted by molar-refractivity contribution is -0.113. The van der Waals surface area contributed by atoms with Crippen molar-refractivity contribution in [1.29, 1.82) is 0 Å². The summed E-state index contributed by atoms with van der Waals surface area (Å²) >= 11 is 6.03. The number of nitrogen functional groups attached to an aromatic ring is 1. The molecule has 1 unspecified atom stereocenters. The Morgan fingerprint density at radius 2 is 1.83 bits per heavy atom. The number of rotatable bonds is 5. The summed E-state index contributed by atoms with van der Waals surface area (Å²) in [6, 6.07) is 8.85. The number of likely N-dealkylation sites (tertiary alicyclic amines) is 1. The number of hydrogen-bond donors (Lipinski definition) is 4. The fourth-order valence-electron chi connectivity index (χ4n) is 4.70. The molecule has 3 heterocycles. The number of aromatic nitrogens is 3. The highest BCUT2D eigenvalue weighted by Gasteiger charge is 2.36. The van der Waals surface area contributed by atoms with Crippen molar-refractivity contribution in [1.82, 2.24) is 20.1 Å². The Kier molecular flexibility index (Phi) is 6.24. The average Bonchev–Trinajstić information content (AvgIpc) is 3.16. The van der Waals surface area contributed by atoms with Crippen LogP contribution in [-0.4, -0.2) is 68.3 Å². The second-order valence-corrected chi connectivity index (χ2v) is 8.62. The maximum absolute atomic E-state index is 9.77. The monoisotopic (exact) mass is 420 g/mol. The summed E-state index contributed by atoms with van der Waals surface area (Å²) < 4.78 is 0. The maximum Gasteiger partial charge on any atom is 0.226 e. The summed E-state index contributed by atoms with van der Waals surface area (Å²) in [7, 11) is 0. The smallest absolute Gasteiger partial charge is 0.226 e. The Hall–Kier alpha value is -1.87. The molecule has 4 rings (SSSR count). The van der Waals surface area contributed by atoms with Crippen LogP contribution in [0.2, 0.25) is 5.02 Å². The van der Waals surface area contributed by atoms with Crippen LogP contribution in [0.1, 0.15) is 31.2 Å². The van der Waals surface area contributed by atoms with E-state index in [1.165, 1.54) is 5.56 Å². The summed E-state index contributed by atoms with van der Waals surface area (Å²) in [6.45, 7) is 2.46. The van der Waals surface area contributed by atoms with Gasteiger partial charge in [0.15, 0.2) is 6.29 Å². The maximum atomic E-state index is 9.77. The van der Waals surface area contributed by atoms with Crippen LogP contribution in [0.15, 0.2) is 24.3 Å². The molecule has 0 amide bonds. The van der Waals surface area contributed by atoms with Crippen molar-refractivity contribution in [3.63, 3.8) is 0 Å². The van der Waals surface area contributed by atoms with Crippen LogP contribution in [0.25, 0.3) is 0 Å². The topological polar surface area (TPSA) is 115 Å². The second-order valence-electron chi connectivity index (χ2n) is 8.18. The fourth-order valence-corrected chi connectivity index (χ4v) is 4.83. The predicted molar refractivity (Wildman–Crippen MR) is 113 cm³/mol. The molecule has 0 saturated carbocycles. The van der Waals surface area contributed by atoms with E-state index in [0.29, 0.717) is 18.0 Å². The first-order chi connectivity index (χ1) is 14.0. The predicted octanol–water partition coefficient (Wildman–Crippen LogP) is 1.64. The van der Waals surface area contributed by atoms with Gasteiger partial charge in [-0.15, -0.1) is 10.2 Å². The SMILES string of the molecule is Nc1nnc(N2CCC(N3CC(C(O)O)CC[C@@H]3Cc3ccc(Cl)cc3)CC2)[nH]1. The van der Waals surface area contributed by atoms with E-state index in [1.54, 1.807) is 0 Å². The van der Waals surface area contributed by atoms with Gasteiger partial charge in [-0.05, 0) is 49.8 Å². The Labute approximate surface area is 175 Å². The third kappa shape index (κ3) is 4.83. The molecule has 2 atom stereocenters. The summed E-state index contributed by atoms with van der Waals surface area (Å²) in [4.78, 5) is 7.68. The van der Waals surface area contributed by atoms with Gasteiger partial charge in [0.2, 0.25) is 11.9 Å². The summed E-state index contributed by atoms with van der Waals surface area (Å²) in [5.74, 6) is 0.963. The van der Waals surface area contributed by atoms with Crippen LogP contribution in [0.5, 0.6) is 0 Å². The molecule has 158 valence electrons. The first-order valence-corrected chi connectivity index (χ1v) is 10.7. The van der Waals surface area contributed by atoms with E-state index in [9.17, 15) is 10.2 Å². The van der Waals surface area contributed by atoms with Gasteiger partial charge in [-0.3, -0.25) is 9.88 Å². The van der Waals surface area contributed by atoms with Crippen molar-refractivity contribution in [2.75, 3.05) is 30.3 Å². The highest BCUT2D eigenvalue weighted by atomic mass is 35.5. The van der Waals surface area contributed by atoms with Crippen molar-refractivity contribution >= 4 is 23.5 Å². The lowest BCUT2D eigenvalue weighted by atomic mass is 9.86. The minimum absolute atomic E-state index is 0.0939. The van der Waals surface area contributed by atoms with Gasteiger partial charge in [0.05, 0.1) is 0 Å². The number of nitrogens with one attached hydrogen (secondary N) is 1. The van der Waals surface area contributed by atoms with Crippen LogP contribution in [0.3, 0.4) is 0 Å². The van der Waals surface area contributed by atoms with Crippen LogP contribution >= 0.6 is 11.6 Å². The number of H-pyrrole nitrogens is 1. The Balaban J connectivity index is 1.44. The van der Waals surface area contributed by atoms with Gasteiger partial charge in [-0.2, -0.15) is 0 Å². The van der Waals surface area contributed by atoms with Gasteiger partial charge in [-0.1, -0.05) is 23.7 Å². The van der Waals surface area contributed by atoms with Gasteiger partial charge in [0.25, 0.3) is 0 Å². The number of hydrogen-bond acceptors (Lipinski definition) is 7. The summed E-state index contributed by atoms with van der Waals surface area (Å²) in [5.41, 5.74) is 6.92. The largest absolute Gasteiger partial charge is 0.368 e. The van der Waals surface area contributed by atoms with Crippen molar-refractivity contribution in [3.8, 4) is 0 Å². The molecule has 0 bridgehead atoms. The average molecular weight is 421 g/mol. The van der Waals surface area contributed by atoms with E-state index in [0.717, 1.165) is 62.7 Å². The number of benzene rings is 1. The van der Waals surface area contributed by atoms with Crippen LogP contribution in [0, 0.1) is 5.92 Å². The fraction of sp³-hybridized carbons (Fsp3) is 0.600. The third-order valence-corrected chi connectivity index (χ3v) is 6.57. The highest BCUT2D eigenvalue weighted by molar-refractivity contribution is 6.30. The van der Waals surface area contributed by atoms with Crippen LogP contribution in [-0.2, 0) is 6.42 Å². The molecule has 5 N–H and O–H groups in total. The Morgan fingerprint density at radius 1 is 1.10 bits per heavy atom. The molecule has 1 aromatic carbocycles. The second kappa shape index (κ2) is 8.87. The molecule has 2 aliphatic rings. The quantitative estimate of drug-likeness (QED) is 0.543. The summed E-state index contributed by atoms with van der Waals surface area (Å²) in [5, 5.41) is 28.2. The van der Waals surface area contributed by atoms with E-state index >= 15 is 0 Å². The molecule has 2 fully saturated rings. The molecule has 9 heteroatoms. The minimum Gasteiger partial charge on any atom is -0.368 e. The van der Waals surface area contributed by atoms with Crippen LogP contribution in [0.4, 0.5) is 11.9 Å². The molecule has 0 aliphatic carbocycles. The van der Waals surface area contributed by atoms with Crippen molar-refractivity contribution in [2.45, 2.75) is 50.5 Å². The minimum atomic E-state index is -1.26. The first-order valence-electron chi connectivity index (χ1n) is 10.3. The number of anilines is 2. The van der Waals surface area contributed by atoms with Gasteiger partial charge in [0, 0.05) is 42.7 Å². The first kappa shape index (κ1) is 20.4. The lowest BCUT2D eigenvalue weighted by Crippen LogP contribution is -2.55. The molecule has 8 nitrogen and oxygen atoms in total. The molecule has 2 saturated heterocycles. The van der Waals surface area contributed by atoms with Crippen molar-refractivity contribution in [3.05, 3.63) is 34.9 Å². The number of halogens is 1. The molecule has 0 radical (unpaired) electrons. The number of aromatic amines is 1. The number of aliphatic hydroxyl groups excluding tert-OH is 1. The van der Waals surface area contributed by atoms with Crippen molar-refractivity contribution < 1.29 is 10.2 Å². The van der Waals surface area contributed by atoms with E-state index in [1.807, 2.05) is 12.1 Å². The van der Waals surface area contributed by atoms with Crippen LogP contribution < -0.4 is 10.6 Å². The van der Waals surface area contributed by atoms with Gasteiger partial charge >= 0.3 is 0 Å². The molecule has 2 aromatic rings. The Bertz CT molecular complexity index is 791. The molecule has 29 heavy (non-hydrogen) atoms. The zero-order chi connectivity index (χ0) is 20.4. The molecule has 0 spiro atoms. The van der Waals surface area contributed by atoms with Crippen molar-refractivity contribution in [2.24, 2.45) is 5.92 Å². The van der Waals surface area contributed by atoms with Gasteiger partial charge in [0.1, 0.15) is 0 Å². The highest BCUT2D eigenvalue weighted by Crippen LogP contribution is 2.32. The van der Waals surface area contributed by atoms with E-state index < -0.39 is 6.29 Å². The number of nitrogens with two attached hydrogens (primary N) is 1. The molecule has 1 aromatic heterocycles. The third-order valence-electron chi connectivity index (χ3n) is 6.32. The van der Waals surface area contributed by atoms with E-state index in [2.05, 4.69) is 37.1 Å². The van der Waals surface area contributed by atoms with E-state index in [4.69, 9.17) is 17.3 Å².